The molecule has 0 amide bonds. The summed E-state index contributed by atoms with van der Waals surface area (Å²) in [4.78, 5) is 4.30. The van der Waals surface area contributed by atoms with Crippen molar-refractivity contribution in [1.82, 2.24) is 4.98 Å². The van der Waals surface area contributed by atoms with Gasteiger partial charge in [-0.25, -0.2) is 0 Å². The lowest BCUT2D eigenvalue weighted by Crippen LogP contribution is -2.50. The predicted octanol–water partition coefficient (Wildman–Crippen LogP) is 2.40. The molecule has 2 heteroatoms. The summed E-state index contributed by atoms with van der Waals surface area (Å²) in [5, 5.41) is 0. The molecule has 0 bridgehead atoms. The quantitative estimate of drug-likeness (QED) is 0.781. The largest absolute Gasteiger partial charge is 0.325 e. The Bertz CT molecular complexity index is 304. The molecule has 14 heavy (non-hydrogen) atoms. The molecular weight excluding hydrogens is 172 g/mol. The van der Waals surface area contributed by atoms with Crippen LogP contribution in [0.5, 0.6) is 0 Å². The molecule has 78 valence electrons. The third-order valence-corrected chi connectivity index (χ3v) is 3.24. The van der Waals surface area contributed by atoms with Gasteiger partial charge in [0.1, 0.15) is 0 Å². The van der Waals surface area contributed by atoms with E-state index < -0.39 is 0 Å². The Morgan fingerprint density at radius 3 is 2.07 bits per heavy atom. The van der Waals surface area contributed by atoms with Gasteiger partial charge < -0.3 is 5.73 Å². The van der Waals surface area contributed by atoms with Crippen molar-refractivity contribution in [2.75, 3.05) is 0 Å². The van der Waals surface area contributed by atoms with Crippen molar-refractivity contribution < 1.29 is 0 Å². The van der Waals surface area contributed by atoms with Crippen LogP contribution in [0.2, 0.25) is 0 Å². The zero-order chi connectivity index (χ0) is 11.0. The monoisotopic (exact) mass is 192 g/mol. The first-order valence-corrected chi connectivity index (χ1v) is 4.97. The third kappa shape index (κ3) is 1.95. The van der Waals surface area contributed by atoms with E-state index in [1.807, 2.05) is 33.0 Å². The van der Waals surface area contributed by atoms with Crippen molar-refractivity contribution in [3.05, 3.63) is 29.6 Å². The Hall–Kier alpha value is -0.890. The molecule has 0 aromatic carbocycles. The van der Waals surface area contributed by atoms with E-state index in [0.717, 1.165) is 5.69 Å². The minimum absolute atomic E-state index is 0.0618. The average molecular weight is 192 g/mol. The van der Waals surface area contributed by atoms with E-state index in [2.05, 4.69) is 24.9 Å². The highest BCUT2D eigenvalue weighted by molar-refractivity contribution is 5.26. The first-order valence-electron chi connectivity index (χ1n) is 4.97. The lowest BCUT2D eigenvalue weighted by molar-refractivity contribution is 0.305. The minimum atomic E-state index is -0.246. The predicted molar refractivity (Wildman–Crippen MR) is 60.3 cm³/mol. The molecule has 1 aromatic heterocycles. The van der Waals surface area contributed by atoms with Gasteiger partial charge in [-0.3, -0.25) is 4.98 Å². The van der Waals surface area contributed by atoms with Gasteiger partial charge in [-0.1, -0.05) is 19.9 Å². The first kappa shape index (κ1) is 11.2. The van der Waals surface area contributed by atoms with Crippen LogP contribution < -0.4 is 5.73 Å². The number of hydrogen-bond donors (Lipinski definition) is 1. The maximum atomic E-state index is 6.16. The van der Waals surface area contributed by atoms with Crippen LogP contribution >= 0.6 is 0 Å². The van der Waals surface area contributed by atoms with Crippen LogP contribution in [-0.4, -0.2) is 10.5 Å². The molecule has 0 aliphatic heterocycles. The van der Waals surface area contributed by atoms with E-state index in [1.54, 1.807) is 0 Å². The van der Waals surface area contributed by atoms with Gasteiger partial charge in [0.2, 0.25) is 0 Å². The van der Waals surface area contributed by atoms with Crippen LogP contribution in [0.15, 0.2) is 18.3 Å². The van der Waals surface area contributed by atoms with Crippen molar-refractivity contribution in [2.24, 2.45) is 5.73 Å². The molecule has 0 unspecified atom stereocenters. The number of aromatic nitrogens is 1. The number of nitrogens with two attached hydrogens (primary N) is 1. The van der Waals surface area contributed by atoms with Crippen LogP contribution in [0, 0.1) is 6.92 Å². The maximum absolute atomic E-state index is 6.16. The Labute approximate surface area is 86.5 Å². The molecule has 0 spiro atoms. The highest BCUT2D eigenvalue weighted by Gasteiger charge is 2.35. The third-order valence-electron chi connectivity index (χ3n) is 3.24. The molecule has 0 saturated carbocycles. The minimum Gasteiger partial charge on any atom is -0.325 e. The summed E-state index contributed by atoms with van der Waals surface area (Å²) in [7, 11) is 0. The topological polar surface area (TPSA) is 38.9 Å². The number of nitrogens with zero attached hydrogens (tertiary/aromatic N) is 1. The van der Waals surface area contributed by atoms with E-state index >= 15 is 0 Å². The second kappa shape index (κ2) is 3.35. The molecule has 0 aliphatic carbocycles. The first-order chi connectivity index (χ1) is 6.25. The fourth-order valence-electron chi connectivity index (χ4n) is 1.21. The zero-order valence-electron chi connectivity index (χ0n) is 9.76. The second-order valence-corrected chi connectivity index (χ2v) is 5.03. The number of pyridine rings is 1. The summed E-state index contributed by atoms with van der Waals surface area (Å²) in [6.07, 6.45) is 1.92. The number of hydrogen-bond acceptors (Lipinski definition) is 2. The summed E-state index contributed by atoms with van der Waals surface area (Å²) in [6.45, 7) is 10.4. The zero-order valence-corrected chi connectivity index (χ0v) is 9.76. The molecule has 2 nitrogen and oxygen atoms in total. The van der Waals surface area contributed by atoms with Gasteiger partial charge in [0.15, 0.2) is 0 Å². The Morgan fingerprint density at radius 2 is 1.71 bits per heavy atom. The van der Waals surface area contributed by atoms with Crippen molar-refractivity contribution >= 4 is 0 Å². The number of aryl methyl sites for hydroxylation is 1. The van der Waals surface area contributed by atoms with Gasteiger partial charge >= 0.3 is 0 Å². The lowest BCUT2D eigenvalue weighted by atomic mass is 9.71. The van der Waals surface area contributed by atoms with Gasteiger partial charge in [0.05, 0.1) is 0 Å². The van der Waals surface area contributed by atoms with Gasteiger partial charge in [-0.05, 0) is 32.4 Å². The molecule has 0 atom stereocenters. The van der Waals surface area contributed by atoms with Gasteiger partial charge in [-0.2, -0.15) is 0 Å². The highest BCUT2D eigenvalue weighted by atomic mass is 14.8. The van der Waals surface area contributed by atoms with Crippen LogP contribution in [0.4, 0.5) is 0 Å². The van der Waals surface area contributed by atoms with Crippen LogP contribution in [-0.2, 0) is 5.41 Å². The Balaban J connectivity index is 3.10. The molecule has 0 radical (unpaired) electrons. The Kier molecular flexibility index (Phi) is 2.68. The lowest BCUT2D eigenvalue weighted by Gasteiger charge is -2.38. The van der Waals surface area contributed by atoms with Gasteiger partial charge in [0, 0.05) is 22.8 Å². The Morgan fingerprint density at radius 1 is 1.14 bits per heavy atom. The van der Waals surface area contributed by atoms with E-state index in [1.165, 1.54) is 5.56 Å². The van der Waals surface area contributed by atoms with Crippen LogP contribution in [0.1, 0.15) is 39.0 Å². The molecule has 1 heterocycles. The molecule has 0 aliphatic rings. The highest BCUT2D eigenvalue weighted by Crippen LogP contribution is 2.32. The summed E-state index contributed by atoms with van der Waals surface area (Å²) < 4.78 is 0. The second-order valence-electron chi connectivity index (χ2n) is 5.03. The average Bonchev–Trinajstić information content (AvgIpc) is 2.03. The van der Waals surface area contributed by atoms with Crippen molar-refractivity contribution in [3.63, 3.8) is 0 Å². The molecule has 2 N–H and O–H groups in total. The van der Waals surface area contributed by atoms with Crippen LogP contribution in [0.3, 0.4) is 0 Å². The van der Waals surface area contributed by atoms with E-state index in [-0.39, 0.29) is 11.0 Å². The van der Waals surface area contributed by atoms with E-state index in [9.17, 15) is 0 Å². The summed E-state index contributed by atoms with van der Waals surface area (Å²) in [5.41, 5.74) is 8.08. The fourth-order valence-corrected chi connectivity index (χ4v) is 1.21. The fraction of sp³-hybridized carbons (Fsp3) is 0.583. The van der Waals surface area contributed by atoms with Crippen molar-refractivity contribution in [2.45, 2.75) is 45.6 Å². The van der Waals surface area contributed by atoms with Crippen LogP contribution in [0.25, 0.3) is 0 Å². The van der Waals surface area contributed by atoms with Crippen molar-refractivity contribution in [1.29, 1.82) is 0 Å². The summed E-state index contributed by atoms with van der Waals surface area (Å²) in [6, 6.07) is 4.14. The maximum Gasteiger partial charge on any atom is 0.0372 e. The molecular formula is C12H20N2. The van der Waals surface area contributed by atoms with Gasteiger partial charge in [-0.15, -0.1) is 0 Å². The van der Waals surface area contributed by atoms with Crippen molar-refractivity contribution in [3.8, 4) is 0 Å². The molecule has 0 saturated heterocycles. The SMILES string of the molecule is Cc1ccc(C(C)(C)C(C)(C)N)cn1. The van der Waals surface area contributed by atoms with E-state index in [4.69, 9.17) is 5.73 Å². The van der Waals surface area contributed by atoms with E-state index in [0.29, 0.717) is 0 Å². The standard InChI is InChI=1S/C12H20N2/c1-9-6-7-10(8-14-9)11(2,3)12(4,5)13/h6-8H,13H2,1-5H3. The summed E-state index contributed by atoms with van der Waals surface area (Å²) in [5.74, 6) is 0. The molecule has 0 fully saturated rings. The van der Waals surface area contributed by atoms with Gasteiger partial charge in [0.25, 0.3) is 0 Å². The molecule has 1 aromatic rings. The number of rotatable bonds is 2. The molecule has 1 rings (SSSR count). The normalized spacial score (nSPS) is 13.0. The smallest absolute Gasteiger partial charge is 0.0372 e. The summed E-state index contributed by atoms with van der Waals surface area (Å²) >= 11 is 0.